The van der Waals surface area contributed by atoms with Crippen molar-refractivity contribution in [3.8, 4) is 0 Å². The first-order chi connectivity index (χ1) is 15.6. The van der Waals surface area contributed by atoms with E-state index in [2.05, 4.69) is 10.2 Å². The Balaban J connectivity index is 1.34. The zero-order valence-electron chi connectivity index (χ0n) is 18.5. The standard InChI is InChI=1S/C24H30N4O4/c1-17-25-26-21(32-17)20-15-28(23(30)18-5-3-2-4-6-18)16-24(20)9-11-27(12-10-24)22(29)19-7-13-31-14-8-19/h2-6,19-20H,7-16H2,1H3. The molecule has 4 heterocycles. The Morgan fingerprint density at radius 3 is 2.41 bits per heavy atom. The Hall–Kier alpha value is -2.74. The van der Waals surface area contributed by atoms with Crippen LogP contribution in [0.5, 0.6) is 0 Å². The maximum atomic E-state index is 13.2. The lowest BCUT2D eigenvalue weighted by Gasteiger charge is -2.42. The van der Waals surface area contributed by atoms with Crippen molar-refractivity contribution in [1.82, 2.24) is 20.0 Å². The number of aryl methyl sites for hydroxylation is 1. The Morgan fingerprint density at radius 2 is 1.75 bits per heavy atom. The molecule has 3 aliphatic rings. The van der Waals surface area contributed by atoms with Crippen LogP contribution in [0.15, 0.2) is 34.7 Å². The molecule has 0 radical (unpaired) electrons. The van der Waals surface area contributed by atoms with Crippen molar-refractivity contribution in [2.45, 2.75) is 38.5 Å². The second-order valence-electron chi connectivity index (χ2n) is 9.34. The second-order valence-corrected chi connectivity index (χ2v) is 9.34. The van der Waals surface area contributed by atoms with Gasteiger partial charge in [-0.2, -0.15) is 0 Å². The summed E-state index contributed by atoms with van der Waals surface area (Å²) in [7, 11) is 0. The first kappa shape index (κ1) is 21.1. The Labute approximate surface area is 187 Å². The normalized spacial score (nSPS) is 23.6. The summed E-state index contributed by atoms with van der Waals surface area (Å²) in [6.45, 7) is 5.74. The summed E-state index contributed by atoms with van der Waals surface area (Å²) in [6, 6.07) is 9.40. The highest BCUT2D eigenvalue weighted by Gasteiger charge is 2.52. The van der Waals surface area contributed by atoms with Gasteiger partial charge in [0.1, 0.15) is 0 Å². The van der Waals surface area contributed by atoms with E-state index in [0.29, 0.717) is 56.7 Å². The van der Waals surface area contributed by atoms with Crippen LogP contribution in [0.2, 0.25) is 0 Å². The molecule has 1 aromatic heterocycles. The van der Waals surface area contributed by atoms with E-state index < -0.39 is 0 Å². The third kappa shape index (κ3) is 3.92. The maximum absolute atomic E-state index is 13.2. The topological polar surface area (TPSA) is 88.8 Å². The molecule has 2 amide bonds. The SMILES string of the molecule is Cc1nnc(C2CN(C(=O)c3ccccc3)CC23CCN(C(=O)C2CCOCC2)CC3)o1. The molecule has 1 aromatic carbocycles. The fourth-order valence-electron chi connectivity index (χ4n) is 5.56. The number of hydrogen-bond donors (Lipinski definition) is 0. The maximum Gasteiger partial charge on any atom is 0.253 e. The molecule has 2 aromatic rings. The summed E-state index contributed by atoms with van der Waals surface area (Å²) < 4.78 is 11.3. The Morgan fingerprint density at radius 1 is 1.03 bits per heavy atom. The molecule has 0 saturated carbocycles. The number of aromatic nitrogens is 2. The molecule has 170 valence electrons. The number of benzene rings is 1. The van der Waals surface area contributed by atoms with Crippen LogP contribution in [-0.2, 0) is 9.53 Å². The number of carbonyl (C=O) groups excluding carboxylic acids is 2. The summed E-state index contributed by atoms with van der Waals surface area (Å²) >= 11 is 0. The molecule has 8 nitrogen and oxygen atoms in total. The first-order valence-corrected chi connectivity index (χ1v) is 11.6. The largest absolute Gasteiger partial charge is 0.425 e. The summed E-state index contributed by atoms with van der Waals surface area (Å²) in [4.78, 5) is 30.2. The van der Waals surface area contributed by atoms with Gasteiger partial charge in [0, 0.05) is 63.2 Å². The number of likely N-dealkylation sites (tertiary alicyclic amines) is 2. The summed E-state index contributed by atoms with van der Waals surface area (Å²) in [5.41, 5.74) is 0.535. The number of ether oxygens (including phenoxy) is 1. The fraction of sp³-hybridized carbons (Fsp3) is 0.583. The molecule has 1 spiro atoms. The van der Waals surface area contributed by atoms with E-state index in [9.17, 15) is 9.59 Å². The zero-order valence-corrected chi connectivity index (χ0v) is 18.5. The van der Waals surface area contributed by atoms with Gasteiger partial charge in [0.2, 0.25) is 17.7 Å². The van der Waals surface area contributed by atoms with E-state index in [4.69, 9.17) is 9.15 Å². The minimum Gasteiger partial charge on any atom is -0.425 e. The smallest absolute Gasteiger partial charge is 0.253 e. The number of rotatable bonds is 3. The molecule has 0 bridgehead atoms. The average Bonchev–Trinajstić information content (AvgIpc) is 3.43. The molecule has 1 atom stereocenters. The van der Waals surface area contributed by atoms with E-state index in [1.54, 1.807) is 6.92 Å². The molecule has 5 rings (SSSR count). The Kier molecular flexibility index (Phi) is 5.71. The van der Waals surface area contributed by atoms with Crippen LogP contribution in [-0.4, -0.2) is 71.2 Å². The molecule has 32 heavy (non-hydrogen) atoms. The van der Waals surface area contributed by atoms with Crippen molar-refractivity contribution in [2.75, 3.05) is 39.4 Å². The van der Waals surface area contributed by atoms with Crippen LogP contribution in [0.3, 0.4) is 0 Å². The lowest BCUT2D eigenvalue weighted by molar-refractivity contribution is -0.141. The van der Waals surface area contributed by atoms with Crippen molar-refractivity contribution in [2.24, 2.45) is 11.3 Å². The lowest BCUT2D eigenvalue weighted by atomic mass is 9.70. The zero-order chi connectivity index (χ0) is 22.1. The van der Waals surface area contributed by atoms with Gasteiger partial charge in [-0.3, -0.25) is 9.59 Å². The van der Waals surface area contributed by atoms with Gasteiger partial charge in [-0.15, -0.1) is 10.2 Å². The van der Waals surface area contributed by atoms with Gasteiger partial charge in [-0.05, 0) is 37.8 Å². The van der Waals surface area contributed by atoms with Gasteiger partial charge in [-0.1, -0.05) is 18.2 Å². The van der Waals surface area contributed by atoms with Crippen LogP contribution in [0.25, 0.3) is 0 Å². The molecule has 0 N–H and O–H groups in total. The van der Waals surface area contributed by atoms with Crippen molar-refractivity contribution >= 4 is 11.8 Å². The van der Waals surface area contributed by atoms with Gasteiger partial charge < -0.3 is 19.0 Å². The van der Waals surface area contributed by atoms with Crippen molar-refractivity contribution in [3.63, 3.8) is 0 Å². The van der Waals surface area contributed by atoms with Crippen LogP contribution in [0, 0.1) is 18.3 Å². The average molecular weight is 439 g/mol. The summed E-state index contributed by atoms with van der Waals surface area (Å²) in [6.07, 6.45) is 3.27. The highest BCUT2D eigenvalue weighted by Crippen LogP contribution is 2.50. The molecule has 3 fully saturated rings. The monoisotopic (exact) mass is 438 g/mol. The highest BCUT2D eigenvalue weighted by molar-refractivity contribution is 5.94. The second kappa shape index (κ2) is 8.65. The van der Waals surface area contributed by atoms with E-state index in [1.807, 2.05) is 40.1 Å². The van der Waals surface area contributed by atoms with E-state index in [-0.39, 0.29) is 29.1 Å². The van der Waals surface area contributed by atoms with Crippen LogP contribution < -0.4 is 0 Å². The van der Waals surface area contributed by atoms with Gasteiger partial charge >= 0.3 is 0 Å². The molecule has 1 unspecified atom stereocenters. The van der Waals surface area contributed by atoms with E-state index >= 15 is 0 Å². The van der Waals surface area contributed by atoms with E-state index in [0.717, 1.165) is 25.7 Å². The number of amides is 2. The minimum absolute atomic E-state index is 0.0169. The van der Waals surface area contributed by atoms with Gasteiger partial charge in [0.25, 0.3) is 5.91 Å². The van der Waals surface area contributed by atoms with Gasteiger partial charge in [-0.25, -0.2) is 0 Å². The molecule has 3 saturated heterocycles. The minimum atomic E-state index is -0.157. The van der Waals surface area contributed by atoms with Gasteiger partial charge in [0.15, 0.2) is 0 Å². The van der Waals surface area contributed by atoms with Crippen LogP contribution >= 0.6 is 0 Å². The van der Waals surface area contributed by atoms with Crippen molar-refractivity contribution in [1.29, 1.82) is 0 Å². The molecule has 0 aliphatic carbocycles. The number of hydrogen-bond acceptors (Lipinski definition) is 6. The van der Waals surface area contributed by atoms with Crippen molar-refractivity contribution in [3.05, 3.63) is 47.7 Å². The molecular formula is C24H30N4O4. The first-order valence-electron chi connectivity index (χ1n) is 11.6. The molecule has 8 heteroatoms. The predicted octanol–water partition coefficient (Wildman–Crippen LogP) is 2.65. The quantitative estimate of drug-likeness (QED) is 0.732. The van der Waals surface area contributed by atoms with Crippen LogP contribution in [0.1, 0.15) is 53.7 Å². The number of piperidine rings is 1. The molecule has 3 aliphatic heterocycles. The lowest BCUT2D eigenvalue weighted by Crippen LogP contribution is -2.48. The fourth-order valence-corrected chi connectivity index (χ4v) is 5.56. The highest BCUT2D eigenvalue weighted by atomic mass is 16.5. The predicted molar refractivity (Wildman–Crippen MR) is 116 cm³/mol. The third-order valence-corrected chi connectivity index (χ3v) is 7.44. The summed E-state index contributed by atoms with van der Waals surface area (Å²) in [5, 5.41) is 8.37. The Bertz CT molecular complexity index is 961. The summed E-state index contributed by atoms with van der Waals surface area (Å²) in [5.74, 6) is 1.49. The van der Waals surface area contributed by atoms with Crippen molar-refractivity contribution < 1.29 is 18.7 Å². The molecular weight excluding hydrogens is 408 g/mol. The van der Waals surface area contributed by atoms with Gasteiger partial charge in [0.05, 0.1) is 5.92 Å². The third-order valence-electron chi connectivity index (χ3n) is 7.44. The van der Waals surface area contributed by atoms with Crippen LogP contribution in [0.4, 0.5) is 0 Å². The van der Waals surface area contributed by atoms with E-state index in [1.165, 1.54) is 0 Å². The number of nitrogens with zero attached hydrogens (tertiary/aromatic N) is 4. The number of carbonyl (C=O) groups is 2.